The quantitative estimate of drug-likeness (QED) is 0.500. The van der Waals surface area contributed by atoms with Crippen LogP contribution in [0, 0.1) is 0 Å². The summed E-state index contributed by atoms with van der Waals surface area (Å²) < 4.78 is 0. The fourth-order valence-electron chi connectivity index (χ4n) is 3.02. The van der Waals surface area contributed by atoms with Gasteiger partial charge in [-0.05, 0) is 48.9 Å². The largest absolute Gasteiger partial charge is 0.326 e. The number of thioether (sulfide) groups is 1. The molecule has 0 aliphatic rings. The Bertz CT molecular complexity index is 921. The molecule has 0 aliphatic heterocycles. The van der Waals surface area contributed by atoms with Crippen LogP contribution in [0.5, 0.6) is 0 Å². The van der Waals surface area contributed by atoms with Gasteiger partial charge in [-0.1, -0.05) is 49.4 Å². The van der Waals surface area contributed by atoms with Crippen LogP contribution in [0.1, 0.15) is 20.3 Å². The molecular weight excluding hydrogens is 380 g/mol. The van der Waals surface area contributed by atoms with Crippen LogP contribution in [-0.2, 0) is 9.59 Å². The summed E-state index contributed by atoms with van der Waals surface area (Å²) in [6.07, 6.45) is 0.685. The van der Waals surface area contributed by atoms with E-state index < -0.39 is 0 Å². The van der Waals surface area contributed by atoms with E-state index in [-0.39, 0.29) is 17.1 Å². The van der Waals surface area contributed by atoms with Crippen molar-refractivity contribution in [2.24, 2.45) is 0 Å². The van der Waals surface area contributed by atoms with E-state index in [9.17, 15) is 9.59 Å². The van der Waals surface area contributed by atoms with Crippen molar-refractivity contribution in [1.29, 1.82) is 0 Å². The van der Waals surface area contributed by atoms with Crippen molar-refractivity contribution in [3.63, 3.8) is 0 Å². The first-order chi connectivity index (χ1) is 14.1. The molecule has 148 valence electrons. The molecule has 1 unspecified atom stereocenters. The summed E-state index contributed by atoms with van der Waals surface area (Å²) in [5.74, 6) is -0.0885. The van der Waals surface area contributed by atoms with Crippen LogP contribution in [-0.4, -0.2) is 17.1 Å². The molecule has 0 bridgehead atoms. The summed E-state index contributed by atoms with van der Waals surface area (Å²) in [5.41, 5.74) is 2.41. The molecule has 2 amide bonds. The van der Waals surface area contributed by atoms with E-state index >= 15 is 0 Å². The Morgan fingerprint density at radius 3 is 2.00 bits per heavy atom. The Hall–Kier alpha value is -3.05. The molecule has 0 aliphatic carbocycles. The van der Waals surface area contributed by atoms with E-state index in [2.05, 4.69) is 5.32 Å². The van der Waals surface area contributed by atoms with Gasteiger partial charge in [0.1, 0.15) is 0 Å². The average Bonchev–Trinajstić information content (AvgIpc) is 2.73. The zero-order valence-corrected chi connectivity index (χ0v) is 17.4. The molecule has 0 fully saturated rings. The minimum atomic E-state index is -0.261. The van der Waals surface area contributed by atoms with Crippen molar-refractivity contribution in [2.75, 3.05) is 10.2 Å². The SMILES string of the molecule is CCC(Sc1cccc(NC(C)=O)c1)C(=O)N(c1ccccc1)c1ccccc1. The van der Waals surface area contributed by atoms with Gasteiger partial charge in [0.05, 0.1) is 5.25 Å². The van der Waals surface area contributed by atoms with Crippen LogP contribution in [0.2, 0.25) is 0 Å². The van der Waals surface area contributed by atoms with Crippen LogP contribution >= 0.6 is 11.8 Å². The second kappa shape index (κ2) is 9.94. The third-order valence-electron chi connectivity index (χ3n) is 4.33. The maximum Gasteiger partial charge on any atom is 0.245 e. The van der Waals surface area contributed by atoms with Crippen molar-refractivity contribution in [1.82, 2.24) is 0 Å². The first kappa shape index (κ1) is 20.7. The Morgan fingerprint density at radius 2 is 1.48 bits per heavy atom. The predicted octanol–water partition coefficient (Wildman–Crippen LogP) is 5.88. The van der Waals surface area contributed by atoms with Crippen molar-refractivity contribution in [3.8, 4) is 0 Å². The van der Waals surface area contributed by atoms with E-state index in [4.69, 9.17) is 0 Å². The Morgan fingerprint density at radius 1 is 0.897 bits per heavy atom. The third kappa shape index (κ3) is 5.48. The van der Waals surface area contributed by atoms with Crippen molar-refractivity contribution in [3.05, 3.63) is 84.9 Å². The average molecular weight is 405 g/mol. The third-order valence-corrected chi connectivity index (χ3v) is 5.67. The summed E-state index contributed by atoms with van der Waals surface area (Å²) >= 11 is 1.51. The van der Waals surface area contributed by atoms with Crippen LogP contribution in [0.3, 0.4) is 0 Å². The molecule has 29 heavy (non-hydrogen) atoms. The standard InChI is InChI=1S/C24H24N2O2S/c1-3-23(29-22-16-10-11-19(17-22)25-18(2)27)24(28)26(20-12-6-4-7-13-20)21-14-8-5-9-15-21/h4-17,23H,3H2,1-2H3,(H,25,27). The van der Waals surface area contributed by atoms with Gasteiger partial charge in [-0.2, -0.15) is 0 Å². The Balaban J connectivity index is 1.89. The first-order valence-electron chi connectivity index (χ1n) is 9.57. The highest BCUT2D eigenvalue weighted by Gasteiger charge is 2.26. The molecule has 3 aromatic carbocycles. The van der Waals surface area contributed by atoms with Gasteiger partial charge in [0, 0.05) is 28.9 Å². The zero-order valence-electron chi connectivity index (χ0n) is 16.5. The first-order valence-corrected chi connectivity index (χ1v) is 10.4. The molecule has 3 rings (SSSR count). The molecule has 5 heteroatoms. The number of carbonyl (C=O) groups excluding carboxylic acids is 2. The number of rotatable bonds is 7. The van der Waals surface area contributed by atoms with E-state index in [0.29, 0.717) is 6.42 Å². The number of nitrogens with zero attached hydrogens (tertiary/aromatic N) is 1. The minimum absolute atomic E-state index is 0.0276. The highest BCUT2D eigenvalue weighted by atomic mass is 32.2. The summed E-state index contributed by atoms with van der Waals surface area (Å²) in [6, 6.07) is 27.0. The van der Waals surface area contributed by atoms with Crippen molar-refractivity contribution < 1.29 is 9.59 Å². The van der Waals surface area contributed by atoms with Gasteiger partial charge in [0.2, 0.25) is 11.8 Å². The highest BCUT2D eigenvalue weighted by Crippen LogP contribution is 2.33. The van der Waals surface area contributed by atoms with Gasteiger partial charge in [-0.25, -0.2) is 0 Å². The molecule has 4 nitrogen and oxygen atoms in total. The zero-order chi connectivity index (χ0) is 20.6. The van der Waals surface area contributed by atoms with Gasteiger partial charge in [-0.15, -0.1) is 11.8 Å². The number of anilines is 3. The molecule has 0 radical (unpaired) electrons. The van der Waals surface area contributed by atoms with Crippen LogP contribution in [0.15, 0.2) is 89.8 Å². The Labute approximate surface area is 175 Å². The number of hydrogen-bond donors (Lipinski definition) is 1. The minimum Gasteiger partial charge on any atom is -0.326 e. The fourth-order valence-corrected chi connectivity index (χ4v) is 4.08. The maximum atomic E-state index is 13.6. The number of amides is 2. The van der Waals surface area contributed by atoms with E-state index in [0.717, 1.165) is 22.0 Å². The van der Waals surface area contributed by atoms with Crippen LogP contribution in [0.4, 0.5) is 17.1 Å². The normalized spacial score (nSPS) is 11.5. The van der Waals surface area contributed by atoms with Crippen LogP contribution in [0.25, 0.3) is 0 Å². The molecule has 0 spiro atoms. The fraction of sp³-hybridized carbons (Fsp3) is 0.167. The van der Waals surface area contributed by atoms with E-state index in [1.807, 2.05) is 91.9 Å². The molecule has 1 N–H and O–H groups in total. The number of hydrogen-bond acceptors (Lipinski definition) is 3. The van der Waals surface area contributed by atoms with Gasteiger partial charge < -0.3 is 5.32 Å². The lowest BCUT2D eigenvalue weighted by molar-refractivity contribution is -0.117. The molecule has 1 atom stereocenters. The Kier molecular flexibility index (Phi) is 7.09. The summed E-state index contributed by atoms with van der Waals surface area (Å²) in [5, 5.41) is 2.53. The van der Waals surface area contributed by atoms with Gasteiger partial charge in [0.25, 0.3) is 0 Å². The highest BCUT2D eigenvalue weighted by molar-refractivity contribution is 8.00. The predicted molar refractivity (Wildman–Crippen MR) is 121 cm³/mol. The van der Waals surface area contributed by atoms with Gasteiger partial charge >= 0.3 is 0 Å². The topological polar surface area (TPSA) is 49.4 Å². The monoisotopic (exact) mass is 404 g/mol. The second-order valence-corrected chi connectivity index (χ2v) is 7.84. The van der Waals surface area contributed by atoms with Crippen molar-refractivity contribution >= 4 is 40.6 Å². The molecular formula is C24H24N2O2S. The molecule has 0 saturated carbocycles. The lowest BCUT2D eigenvalue weighted by Gasteiger charge is -2.27. The van der Waals surface area contributed by atoms with Gasteiger partial charge in [0.15, 0.2) is 0 Å². The van der Waals surface area contributed by atoms with E-state index in [1.54, 1.807) is 4.90 Å². The lowest BCUT2D eigenvalue weighted by Crippen LogP contribution is -2.34. The number of nitrogens with one attached hydrogen (secondary N) is 1. The molecule has 0 saturated heterocycles. The summed E-state index contributed by atoms with van der Waals surface area (Å²) in [4.78, 5) is 27.6. The summed E-state index contributed by atoms with van der Waals surface area (Å²) in [7, 11) is 0. The molecule has 0 aromatic heterocycles. The molecule has 3 aromatic rings. The van der Waals surface area contributed by atoms with Crippen molar-refractivity contribution in [2.45, 2.75) is 30.4 Å². The number of benzene rings is 3. The number of carbonyl (C=O) groups is 2. The summed E-state index contributed by atoms with van der Waals surface area (Å²) in [6.45, 7) is 3.50. The second-order valence-electron chi connectivity index (χ2n) is 6.57. The van der Waals surface area contributed by atoms with E-state index in [1.165, 1.54) is 18.7 Å². The maximum absolute atomic E-state index is 13.6. The van der Waals surface area contributed by atoms with Crippen LogP contribution < -0.4 is 10.2 Å². The number of para-hydroxylation sites is 2. The molecule has 0 heterocycles. The smallest absolute Gasteiger partial charge is 0.245 e. The van der Waals surface area contributed by atoms with Gasteiger partial charge in [-0.3, -0.25) is 14.5 Å². The lowest BCUT2D eigenvalue weighted by atomic mass is 10.2.